The van der Waals surface area contributed by atoms with Crippen LogP contribution in [0.5, 0.6) is 0 Å². The molecular formula is C13H17N5OS. The van der Waals surface area contributed by atoms with Crippen LogP contribution in [0.25, 0.3) is 10.2 Å². The van der Waals surface area contributed by atoms with Crippen LogP contribution < -0.4 is 15.5 Å². The molecule has 2 aromatic rings. The van der Waals surface area contributed by atoms with Crippen LogP contribution >= 0.6 is 11.3 Å². The number of nitrogens with zero attached hydrogens (tertiary/aromatic N) is 3. The van der Waals surface area contributed by atoms with Gasteiger partial charge in [-0.3, -0.25) is 4.79 Å². The normalized spacial score (nSPS) is 16.1. The van der Waals surface area contributed by atoms with Gasteiger partial charge in [-0.1, -0.05) is 0 Å². The molecule has 2 N–H and O–H groups in total. The predicted octanol–water partition coefficient (Wildman–Crippen LogP) is 1.37. The molecule has 1 aliphatic heterocycles. The van der Waals surface area contributed by atoms with Crippen LogP contribution in [-0.4, -0.2) is 42.6 Å². The first kappa shape index (κ1) is 13.1. The fourth-order valence-electron chi connectivity index (χ4n) is 2.36. The fourth-order valence-corrected chi connectivity index (χ4v) is 3.23. The lowest BCUT2D eigenvalue weighted by Crippen LogP contribution is -2.29. The minimum Gasteiger partial charge on any atom is -0.357 e. The number of aromatic nitrogens is 2. The van der Waals surface area contributed by atoms with Gasteiger partial charge in [-0.15, -0.1) is 11.3 Å². The van der Waals surface area contributed by atoms with E-state index in [9.17, 15) is 4.79 Å². The largest absolute Gasteiger partial charge is 0.357 e. The molecule has 0 unspecified atom stereocenters. The molecule has 3 rings (SSSR count). The second kappa shape index (κ2) is 5.24. The van der Waals surface area contributed by atoms with Gasteiger partial charge in [0.25, 0.3) is 0 Å². The maximum atomic E-state index is 11.5. The van der Waals surface area contributed by atoms with Gasteiger partial charge in [0, 0.05) is 38.0 Å². The number of nitrogens with one attached hydrogen (secondary N) is 2. The average Bonchev–Trinajstić information content (AvgIpc) is 2.67. The highest BCUT2D eigenvalue weighted by molar-refractivity contribution is 7.18. The van der Waals surface area contributed by atoms with Gasteiger partial charge in [0.2, 0.25) is 11.9 Å². The third-order valence-electron chi connectivity index (χ3n) is 3.33. The molecule has 1 saturated heterocycles. The van der Waals surface area contributed by atoms with Crippen LogP contribution in [-0.2, 0) is 4.79 Å². The molecule has 2 aromatic heterocycles. The number of anilines is 2. The summed E-state index contributed by atoms with van der Waals surface area (Å²) in [5, 5.41) is 6.97. The summed E-state index contributed by atoms with van der Waals surface area (Å²) in [7, 11) is 1.82. The number of aryl methyl sites for hydroxylation is 1. The first-order chi connectivity index (χ1) is 9.67. The number of carbonyl (C=O) groups excluding carboxylic acids is 1. The molecule has 0 bridgehead atoms. The number of fused-ring (bicyclic) bond motifs is 1. The van der Waals surface area contributed by atoms with Crippen LogP contribution in [0.15, 0.2) is 6.07 Å². The molecule has 106 valence electrons. The molecule has 7 heteroatoms. The van der Waals surface area contributed by atoms with Crippen LogP contribution in [0, 0.1) is 6.92 Å². The topological polar surface area (TPSA) is 70.2 Å². The van der Waals surface area contributed by atoms with Crippen molar-refractivity contribution in [1.29, 1.82) is 0 Å². The number of thiophene rings is 1. The Bertz CT molecular complexity index is 653. The molecule has 1 fully saturated rings. The summed E-state index contributed by atoms with van der Waals surface area (Å²) in [6, 6.07) is 2.12. The highest BCUT2D eigenvalue weighted by Gasteiger charge is 2.19. The van der Waals surface area contributed by atoms with Gasteiger partial charge in [0.1, 0.15) is 10.6 Å². The molecule has 0 aromatic carbocycles. The maximum Gasteiger partial charge on any atom is 0.225 e. The standard InChI is InChI=1S/C13H17N5OS/c1-8-7-9-11(16-13(14-2)17-12(9)20-8)18-5-3-10(19)15-4-6-18/h7H,3-6H2,1-2H3,(H,15,19)(H,14,16,17). The second-order valence-electron chi connectivity index (χ2n) is 4.78. The van der Waals surface area contributed by atoms with E-state index in [1.165, 1.54) is 4.88 Å². The smallest absolute Gasteiger partial charge is 0.225 e. The summed E-state index contributed by atoms with van der Waals surface area (Å²) < 4.78 is 0. The predicted molar refractivity (Wildman–Crippen MR) is 81.5 cm³/mol. The Kier molecular flexibility index (Phi) is 3.43. The summed E-state index contributed by atoms with van der Waals surface area (Å²) in [5.74, 6) is 1.64. The van der Waals surface area contributed by atoms with Gasteiger partial charge in [0.05, 0.1) is 5.39 Å². The molecule has 1 aliphatic rings. The molecule has 0 aliphatic carbocycles. The number of rotatable bonds is 2. The van der Waals surface area contributed by atoms with E-state index in [1.54, 1.807) is 11.3 Å². The molecule has 0 atom stereocenters. The molecular weight excluding hydrogens is 274 g/mol. The Morgan fingerprint density at radius 3 is 3.05 bits per heavy atom. The number of amides is 1. The summed E-state index contributed by atoms with van der Waals surface area (Å²) >= 11 is 1.67. The zero-order valence-electron chi connectivity index (χ0n) is 11.6. The van der Waals surface area contributed by atoms with Crippen molar-refractivity contribution in [2.45, 2.75) is 13.3 Å². The van der Waals surface area contributed by atoms with Gasteiger partial charge < -0.3 is 15.5 Å². The first-order valence-electron chi connectivity index (χ1n) is 6.65. The summed E-state index contributed by atoms with van der Waals surface area (Å²) in [5.41, 5.74) is 0. The fraction of sp³-hybridized carbons (Fsp3) is 0.462. The van der Waals surface area contributed by atoms with Crippen molar-refractivity contribution >= 4 is 39.2 Å². The van der Waals surface area contributed by atoms with Gasteiger partial charge in [0.15, 0.2) is 0 Å². The Morgan fingerprint density at radius 2 is 2.25 bits per heavy atom. The van der Waals surface area contributed by atoms with Crippen molar-refractivity contribution in [1.82, 2.24) is 15.3 Å². The van der Waals surface area contributed by atoms with E-state index in [0.29, 0.717) is 25.5 Å². The zero-order chi connectivity index (χ0) is 14.1. The Morgan fingerprint density at radius 1 is 1.40 bits per heavy atom. The van der Waals surface area contributed by atoms with Crippen LogP contribution in [0.2, 0.25) is 0 Å². The van der Waals surface area contributed by atoms with Gasteiger partial charge in [-0.05, 0) is 13.0 Å². The van der Waals surface area contributed by atoms with Crippen molar-refractivity contribution in [3.8, 4) is 0 Å². The molecule has 3 heterocycles. The summed E-state index contributed by atoms with van der Waals surface area (Å²) in [6.45, 7) is 4.19. The van der Waals surface area contributed by atoms with Crippen molar-refractivity contribution in [2.24, 2.45) is 0 Å². The Labute approximate surface area is 121 Å². The number of hydrogen-bond donors (Lipinski definition) is 2. The highest BCUT2D eigenvalue weighted by atomic mass is 32.1. The highest BCUT2D eigenvalue weighted by Crippen LogP contribution is 2.31. The average molecular weight is 291 g/mol. The third-order valence-corrected chi connectivity index (χ3v) is 4.28. The summed E-state index contributed by atoms with van der Waals surface area (Å²) in [6.07, 6.45) is 0.503. The monoisotopic (exact) mass is 291 g/mol. The van der Waals surface area contributed by atoms with E-state index in [-0.39, 0.29) is 5.91 Å². The van der Waals surface area contributed by atoms with E-state index in [0.717, 1.165) is 22.6 Å². The van der Waals surface area contributed by atoms with Gasteiger partial charge in [-0.25, -0.2) is 4.98 Å². The Balaban J connectivity index is 2.06. The minimum atomic E-state index is 0.105. The maximum absolute atomic E-state index is 11.5. The summed E-state index contributed by atoms with van der Waals surface area (Å²) in [4.78, 5) is 24.9. The quantitative estimate of drug-likeness (QED) is 0.874. The van der Waals surface area contributed by atoms with E-state index >= 15 is 0 Å². The van der Waals surface area contributed by atoms with Gasteiger partial charge in [-0.2, -0.15) is 4.98 Å². The van der Waals surface area contributed by atoms with E-state index < -0.39 is 0 Å². The van der Waals surface area contributed by atoms with Crippen molar-refractivity contribution in [3.05, 3.63) is 10.9 Å². The number of carbonyl (C=O) groups is 1. The van der Waals surface area contributed by atoms with Crippen molar-refractivity contribution in [3.63, 3.8) is 0 Å². The van der Waals surface area contributed by atoms with Crippen LogP contribution in [0.1, 0.15) is 11.3 Å². The Hall–Kier alpha value is -1.89. The lowest BCUT2D eigenvalue weighted by molar-refractivity contribution is -0.120. The van der Waals surface area contributed by atoms with Crippen LogP contribution in [0.3, 0.4) is 0 Å². The SMILES string of the molecule is CNc1nc(N2CCNC(=O)CC2)c2cc(C)sc2n1. The van der Waals surface area contributed by atoms with Crippen LogP contribution in [0.4, 0.5) is 11.8 Å². The molecule has 20 heavy (non-hydrogen) atoms. The minimum absolute atomic E-state index is 0.105. The lowest BCUT2D eigenvalue weighted by Gasteiger charge is -2.21. The van der Waals surface area contributed by atoms with Crippen molar-refractivity contribution in [2.75, 3.05) is 36.9 Å². The lowest BCUT2D eigenvalue weighted by atomic mass is 10.3. The molecule has 0 saturated carbocycles. The molecule has 1 amide bonds. The van der Waals surface area contributed by atoms with E-state index in [1.807, 2.05) is 7.05 Å². The second-order valence-corrected chi connectivity index (χ2v) is 6.02. The molecule has 0 radical (unpaired) electrons. The zero-order valence-corrected chi connectivity index (χ0v) is 12.4. The third kappa shape index (κ3) is 2.40. The number of hydrogen-bond acceptors (Lipinski definition) is 6. The molecule has 6 nitrogen and oxygen atoms in total. The first-order valence-corrected chi connectivity index (χ1v) is 7.46. The van der Waals surface area contributed by atoms with Gasteiger partial charge >= 0.3 is 0 Å². The van der Waals surface area contributed by atoms with Crippen molar-refractivity contribution < 1.29 is 4.79 Å². The van der Waals surface area contributed by atoms with E-state index in [4.69, 9.17) is 0 Å². The molecule has 0 spiro atoms. The van der Waals surface area contributed by atoms with E-state index in [2.05, 4.69) is 38.5 Å².